The molecule has 0 spiro atoms. The summed E-state index contributed by atoms with van der Waals surface area (Å²) in [5.74, 6) is -0.957. The number of nitrogens with zero attached hydrogens (tertiary/aromatic N) is 1. The van der Waals surface area contributed by atoms with Gasteiger partial charge >= 0.3 is 5.97 Å². The average Bonchev–Trinajstić information content (AvgIpc) is 3.07. The lowest BCUT2D eigenvalue weighted by Gasteiger charge is -2.15. The van der Waals surface area contributed by atoms with Gasteiger partial charge in [-0.2, -0.15) is 0 Å². The Kier molecular flexibility index (Phi) is 5.34. The second kappa shape index (κ2) is 7.65. The molecule has 1 heterocycles. The topological polar surface area (TPSA) is 40.5 Å². The first-order valence-corrected chi connectivity index (χ1v) is 8.52. The van der Waals surface area contributed by atoms with Crippen molar-refractivity contribution in [3.05, 3.63) is 76.3 Å². The van der Waals surface area contributed by atoms with E-state index >= 15 is 0 Å². The highest BCUT2D eigenvalue weighted by atomic mass is 35.5. The van der Waals surface area contributed by atoms with E-state index in [4.69, 9.17) is 11.6 Å². The van der Waals surface area contributed by atoms with Crippen LogP contribution in [0.3, 0.4) is 0 Å². The first-order valence-electron chi connectivity index (χ1n) is 8.14. The summed E-state index contributed by atoms with van der Waals surface area (Å²) in [5.41, 5.74) is 3.68. The van der Waals surface area contributed by atoms with Crippen molar-refractivity contribution in [3.63, 3.8) is 0 Å². The molecule has 2 aromatic rings. The Morgan fingerprint density at radius 1 is 1.00 bits per heavy atom. The van der Waals surface area contributed by atoms with Gasteiger partial charge in [-0.25, -0.2) is 4.79 Å². The summed E-state index contributed by atoms with van der Waals surface area (Å²) < 4.78 is 0. The first-order chi connectivity index (χ1) is 11.6. The van der Waals surface area contributed by atoms with Gasteiger partial charge in [0.25, 0.3) is 0 Å². The molecular formula is C20H20ClNO2. The van der Waals surface area contributed by atoms with Gasteiger partial charge in [0.1, 0.15) is 0 Å². The Labute approximate surface area is 147 Å². The minimum absolute atomic E-state index is 0.634. The SMILES string of the molecule is O=C(O)/C=C(\c1ccc(Cl)cc1)c1ccc(CN2CCCC2)cc1. The highest BCUT2D eigenvalue weighted by molar-refractivity contribution is 6.30. The molecule has 2 aromatic carbocycles. The molecular weight excluding hydrogens is 322 g/mol. The summed E-state index contributed by atoms with van der Waals surface area (Å²) in [4.78, 5) is 13.7. The Hall–Kier alpha value is -2.10. The minimum Gasteiger partial charge on any atom is -0.478 e. The van der Waals surface area contributed by atoms with Gasteiger partial charge in [0.2, 0.25) is 0 Å². The third kappa shape index (κ3) is 4.25. The van der Waals surface area contributed by atoms with Crippen molar-refractivity contribution >= 4 is 23.1 Å². The van der Waals surface area contributed by atoms with Crippen LogP contribution >= 0.6 is 11.6 Å². The Morgan fingerprint density at radius 2 is 1.54 bits per heavy atom. The van der Waals surface area contributed by atoms with Crippen molar-refractivity contribution in [2.24, 2.45) is 0 Å². The van der Waals surface area contributed by atoms with Crippen molar-refractivity contribution in [3.8, 4) is 0 Å². The Balaban J connectivity index is 1.85. The van der Waals surface area contributed by atoms with E-state index in [9.17, 15) is 9.90 Å². The van der Waals surface area contributed by atoms with Crippen molar-refractivity contribution in [1.29, 1.82) is 0 Å². The number of hydrogen-bond donors (Lipinski definition) is 1. The van der Waals surface area contributed by atoms with E-state index < -0.39 is 5.97 Å². The second-order valence-electron chi connectivity index (χ2n) is 6.08. The normalized spacial score (nSPS) is 15.6. The van der Waals surface area contributed by atoms with Gasteiger partial charge in [0, 0.05) is 17.6 Å². The number of aliphatic carboxylic acids is 1. The Bertz CT molecular complexity index is 729. The van der Waals surface area contributed by atoms with E-state index in [1.54, 1.807) is 12.1 Å². The van der Waals surface area contributed by atoms with Crippen molar-refractivity contribution in [1.82, 2.24) is 4.90 Å². The van der Waals surface area contributed by atoms with Crippen molar-refractivity contribution in [2.45, 2.75) is 19.4 Å². The largest absolute Gasteiger partial charge is 0.478 e. The molecule has 24 heavy (non-hydrogen) atoms. The van der Waals surface area contributed by atoms with Crippen LogP contribution in [0.1, 0.15) is 29.5 Å². The third-order valence-corrected chi connectivity index (χ3v) is 4.54. The summed E-state index contributed by atoms with van der Waals surface area (Å²) in [5, 5.41) is 9.83. The molecule has 1 saturated heterocycles. The molecule has 4 heteroatoms. The zero-order valence-electron chi connectivity index (χ0n) is 13.4. The van der Waals surface area contributed by atoms with Crippen molar-refractivity contribution < 1.29 is 9.90 Å². The maximum Gasteiger partial charge on any atom is 0.328 e. The lowest BCUT2D eigenvalue weighted by atomic mass is 9.96. The molecule has 0 saturated carbocycles. The summed E-state index contributed by atoms with van der Waals surface area (Å²) in [6.07, 6.45) is 3.80. The fraction of sp³-hybridized carbons (Fsp3) is 0.250. The van der Waals surface area contributed by atoms with Crippen LogP contribution in [0, 0.1) is 0 Å². The quantitative estimate of drug-likeness (QED) is 0.817. The molecule has 0 amide bonds. The summed E-state index contributed by atoms with van der Waals surface area (Å²) in [6, 6.07) is 15.4. The van der Waals surface area contributed by atoms with Crippen LogP contribution in [0.5, 0.6) is 0 Å². The van der Waals surface area contributed by atoms with E-state index in [1.807, 2.05) is 24.3 Å². The van der Waals surface area contributed by atoms with Gasteiger partial charge in [0.05, 0.1) is 0 Å². The van der Waals surface area contributed by atoms with Crippen LogP contribution in [0.4, 0.5) is 0 Å². The van der Waals surface area contributed by atoms with Crippen molar-refractivity contribution in [2.75, 3.05) is 13.1 Å². The second-order valence-corrected chi connectivity index (χ2v) is 6.52. The number of rotatable bonds is 5. The van der Waals surface area contributed by atoms with Crippen LogP contribution in [0.15, 0.2) is 54.6 Å². The fourth-order valence-electron chi connectivity index (χ4n) is 3.07. The molecule has 0 atom stereocenters. The monoisotopic (exact) mass is 341 g/mol. The predicted octanol–water partition coefficient (Wildman–Crippen LogP) is 4.45. The number of benzene rings is 2. The van der Waals surface area contributed by atoms with E-state index in [0.29, 0.717) is 10.6 Å². The van der Waals surface area contributed by atoms with Gasteiger partial charge in [-0.1, -0.05) is 48.0 Å². The third-order valence-electron chi connectivity index (χ3n) is 4.29. The van der Waals surface area contributed by atoms with E-state index in [0.717, 1.165) is 30.8 Å². The zero-order chi connectivity index (χ0) is 16.9. The van der Waals surface area contributed by atoms with Gasteiger partial charge in [0.15, 0.2) is 0 Å². The zero-order valence-corrected chi connectivity index (χ0v) is 14.2. The molecule has 1 aliphatic heterocycles. The van der Waals surface area contributed by atoms with E-state index in [1.165, 1.54) is 24.5 Å². The number of carbonyl (C=O) groups is 1. The standard InChI is InChI=1S/C20H20ClNO2/c21-18-9-7-17(8-10-18)19(13-20(23)24)16-5-3-15(4-6-16)14-22-11-1-2-12-22/h3-10,13H,1-2,11-12,14H2,(H,23,24)/b19-13-. The number of carboxylic acid groups (broad SMARTS) is 1. The van der Waals surface area contributed by atoms with Crippen LogP contribution in [0.25, 0.3) is 5.57 Å². The molecule has 1 fully saturated rings. The van der Waals surface area contributed by atoms with Crippen LogP contribution in [0.2, 0.25) is 5.02 Å². The molecule has 1 aliphatic rings. The van der Waals surface area contributed by atoms with Gasteiger partial charge in [-0.05, 0) is 60.3 Å². The number of halogens is 1. The van der Waals surface area contributed by atoms with Gasteiger partial charge in [-0.3, -0.25) is 4.90 Å². The highest BCUT2D eigenvalue weighted by Crippen LogP contribution is 2.25. The molecule has 0 radical (unpaired) electrons. The van der Waals surface area contributed by atoms with E-state index in [-0.39, 0.29) is 0 Å². The minimum atomic E-state index is -0.957. The maximum atomic E-state index is 11.2. The predicted molar refractivity (Wildman–Crippen MR) is 97.1 cm³/mol. The van der Waals surface area contributed by atoms with E-state index in [2.05, 4.69) is 17.0 Å². The molecule has 0 aromatic heterocycles. The van der Waals surface area contributed by atoms with Gasteiger partial charge in [-0.15, -0.1) is 0 Å². The number of likely N-dealkylation sites (tertiary alicyclic amines) is 1. The molecule has 0 bridgehead atoms. The molecule has 3 nitrogen and oxygen atoms in total. The average molecular weight is 342 g/mol. The lowest BCUT2D eigenvalue weighted by molar-refractivity contribution is -0.131. The molecule has 0 unspecified atom stereocenters. The van der Waals surface area contributed by atoms with Crippen LogP contribution < -0.4 is 0 Å². The smallest absolute Gasteiger partial charge is 0.328 e. The lowest BCUT2D eigenvalue weighted by Crippen LogP contribution is -2.18. The number of carboxylic acids is 1. The highest BCUT2D eigenvalue weighted by Gasteiger charge is 2.12. The summed E-state index contributed by atoms with van der Waals surface area (Å²) in [6.45, 7) is 3.28. The van der Waals surface area contributed by atoms with Crippen LogP contribution in [-0.2, 0) is 11.3 Å². The molecule has 1 N–H and O–H groups in total. The molecule has 3 rings (SSSR count). The molecule has 124 valence electrons. The number of hydrogen-bond acceptors (Lipinski definition) is 2. The summed E-state index contributed by atoms with van der Waals surface area (Å²) in [7, 11) is 0. The van der Waals surface area contributed by atoms with Crippen LogP contribution in [-0.4, -0.2) is 29.1 Å². The molecule has 0 aliphatic carbocycles. The summed E-state index contributed by atoms with van der Waals surface area (Å²) >= 11 is 5.93. The van der Waals surface area contributed by atoms with Gasteiger partial charge < -0.3 is 5.11 Å². The maximum absolute atomic E-state index is 11.2. The fourth-order valence-corrected chi connectivity index (χ4v) is 3.20. The first kappa shape index (κ1) is 16.7. The Morgan fingerprint density at radius 3 is 2.08 bits per heavy atom.